The van der Waals surface area contributed by atoms with Gasteiger partial charge in [0.2, 0.25) is 5.89 Å². The molecule has 0 aliphatic heterocycles. The zero-order valence-corrected chi connectivity index (χ0v) is 19.2. The molecule has 0 bridgehead atoms. The average Bonchev–Trinajstić information content (AvgIpc) is 3.54. The van der Waals surface area contributed by atoms with E-state index in [-0.39, 0.29) is 11.9 Å². The highest BCUT2D eigenvalue weighted by atomic mass is 16.4. The maximum atomic E-state index is 12.1. The number of pyridine rings is 2. The summed E-state index contributed by atoms with van der Waals surface area (Å²) in [6.07, 6.45) is 4.99. The molecule has 0 saturated carbocycles. The molecule has 2 amide bonds. The predicted octanol–water partition coefficient (Wildman–Crippen LogP) is 2.94. The van der Waals surface area contributed by atoms with Crippen LogP contribution >= 0.6 is 0 Å². The topological polar surface area (TPSA) is 157 Å². The molecule has 180 valence electrons. The zero-order valence-electron chi connectivity index (χ0n) is 19.2. The Kier molecular flexibility index (Phi) is 6.30. The molecule has 0 saturated heterocycles. The van der Waals surface area contributed by atoms with Crippen molar-refractivity contribution in [3.8, 4) is 34.0 Å². The first kappa shape index (κ1) is 22.7. The van der Waals surface area contributed by atoms with Crippen LogP contribution in [-0.2, 0) is 6.54 Å². The van der Waals surface area contributed by atoms with Crippen LogP contribution in [0.5, 0.6) is 0 Å². The van der Waals surface area contributed by atoms with E-state index in [0.29, 0.717) is 47.0 Å². The number of anilines is 1. The van der Waals surface area contributed by atoms with Gasteiger partial charge in [-0.15, -0.1) is 10.2 Å². The number of hydrogen-bond acceptors (Lipinski definition) is 8. The normalized spacial score (nSPS) is 10.8. The Hall–Kier alpha value is -5.13. The lowest BCUT2D eigenvalue weighted by molar-refractivity contribution is 0.252. The number of aromatic nitrogens is 7. The van der Waals surface area contributed by atoms with Gasteiger partial charge in [0.05, 0.1) is 18.4 Å². The van der Waals surface area contributed by atoms with Gasteiger partial charge < -0.3 is 9.73 Å². The van der Waals surface area contributed by atoms with E-state index in [0.717, 1.165) is 5.56 Å². The minimum absolute atomic E-state index is 0.140. The first-order valence-electron chi connectivity index (χ1n) is 11.1. The summed E-state index contributed by atoms with van der Waals surface area (Å²) >= 11 is 0. The Morgan fingerprint density at radius 1 is 1.08 bits per heavy atom. The summed E-state index contributed by atoms with van der Waals surface area (Å²) in [5.74, 6) is -0.171. The molecule has 5 rings (SSSR count). The summed E-state index contributed by atoms with van der Waals surface area (Å²) in [7, 11) is 0. The molecule has 0 unspecified atom stereocenters. The predicted molar refractivity (Wildman–Crippen MR) is 131 cm³/mol. The van der Waals surface area contributed by atoms with E-state index in [9.17, 15) is 9.59 Å². The van der Waals surface area contributed by atoms with Crippen LogP contribution in [0.25, 0.3) is 34.0 Å². The van der Waals surface area contributed by atoms with E-state index < -0.39 is 5.76 Å². The molecule has 0 spiro atoms. The van der Waals surface area contributed by atoms with Crippen LogP contribution in [0.2, 0.25) is 0 Å². The second kappa shape index (κ2) is 10.0. The Morgan fingerprint density at radius 3 is 2.72 bits per heavy atom. The van der Waals surface area contributed by atoms with Crippen molar-refractivity contribution >= 4 is 11.8 Å². The molecule has 4 aromatic heterocycles. The molecular formula is C24H21N9O3. The fraction of sp³-hybridized carbons (Fsp3) is 0.125. The standard InChI is InChI=1S/C24H21N9O3/c1-2-25-23(34)28-21-11-17(20-14-33(32-29-20)13-15-6-4-3-5-7-15)18(12-27-21)19-10-16(8-9-26-19)22-30-31-24(35)36-22/h3-12,14H,2,13H2,1H3,(H,31,35)(H2,25,27,28,34). The maximum absolute atomic E-state index is 12.1. The molecule has 0 aliphatic rings. The number of urea groups is 1. The molecule has 0 fully saturated rings. The summed E-state index contributed by atoms with van der Waals surface area (Å²) in [4.78, 5) is 32.3. The number of carbonyl (C=O) groups is 1. The SMILES string of the molecule is CCNC(=O)Nc1cc(-c2cn(Cc3ccccc3)nn2)c(-c2cc(-c3n[nH]c(=O)o3)ccn2)cn1. The first-order chi connectivity index (χ1) is 17.6. The van der Waals surface area contributed by atoms with Crippen LogP contribution in [0.3, 0.4) is 0 Å². The van der Waals surface area contributed by atoms with Gasteiger partial charge in [0.15, 0.2) is 0 Å². The number of H-pyrrole nitrogens is 1. The molecule has 12 heteroatoms. The number of rotatable bonds is 7. The molecular weight excluding hydrogens is 462 g/mol. The van der Waals surface area contributed by atoms with E-state index in [1.807, 2.05) is 43.5 Å². The van der Waals surface area contributed by atoms with Gasteiger partial charge in [-0.05, 0) is 30.7 Å². The van der Waals surface area contributed by atoms with Crippen LogP contribution < -0.4 is 16.4 Å². The van der Waals surface area contributed by atoms with E-state index in [1.54, 1.807) is 35.3 Å². The first-order valence-corrected chi connectivity index (χ1v) is 11.1. The maximum Gasteiger partial charge on any atom is 0.434 e. The molecule has 0 atom stereocenters. The summed E-state index contributed by atoms with van der Waals surface area (Å²) in [6, 6.07) is 14.7. The van der Waals surface area contributed by atoms with Crippen molar-refractivity contribution in [3.05, 3.63) is 83.2 Å². The number of nitrogens with zero attached hydrogens (tertiary/aromatic N) is 6. The molecule has 4 heterocycles. The van der Waals surface area contributed by atoms with Crippen molar-refractivity contribution < 1.29 is 9.21 Å². The van der Waals surface area contributed by atoms with E-state index in [4.69, 9.17) is 4.42 Å². The van der Waals surface area contributed by atoms with Gasteiger partial charge in [0, 0.05) is 35.6 Å². The Morgan fingerprint density at radius 2 is 1.94 bits per heavy atom. The monoisotopic (exact) mass is 483 g/mol. The van der Waals surface area contributed by atoms with Gasteiger partial charge in [-0.2, -0.15) is 0 Å². The number of nitrogens with one attached hydrogen (secondary N) is 3. The number of carbonyl (C=O) groups excluding carboxylic acids is 1. The van der Waals surface area contributed by atoms with Crippen LogP contribution in [0, 0.1) is 0 Å². The third kappa shape index (κ3) is 5.01. The number of aromatic amines is 1. The highest BCUT2D eigenvalue weighted by Crippen LogP contribution is 2.32. The van der Waals surface area contributed by atoms with Crippen LogP contribution in [0.4, 0.5) is 10.6 Å². The summed E-state index contributed by atoms with van der Waals surface area (Å²) < 4.78 is 6.81. The highest BCUT2D eigenvalue weighted by molar-refractivity contribution is 5.90. The molecule has 3 N–H and O–H groups in total. The smallest absolute Gasteiger partial charge is 0.388 e. The van der Waals surface area contributed by atoms with Gasteiger partial charge in [-0.25, -0.2) is 24.4 Å². The van der Waals surface area contributed by atoms with Crippen molar-refractivity contribution in [2.24, 2.45) is 0 Å². The zero-order chi connectivity index (χ0) is 24.9. The van der Waals surface area contributed by atoms with E-state index >= 15 is 0 Å². The molecule has 1 aromatic carbocycles. The lowest BCUT2D eigenvalue weighted by atomic mass is 10.0. The van der Waals surface area contributed by atoms with E-state index in [2.05, 4.69) is 41.1 Å². The number of hydrogen-bond donors (Lipinski definition) is 3. The minimum Gasteiger partial charge on any atom is -0.388 e. The molecule has 0 radical (unpaired) electrons. The van der Waals surface area contributed by atoms with E-state index in [1.165, 1.54) is 0 Å². The summed E-state index contributed by atoms with van der Waals surface area (Å²) in [5, 5.41) is 20.2. The fourth-order valence-electron chi connectivity index (χ4n) is 3.59. The van der Waals surface area contributed by atoms with Crippen molar-refractivity contribution in [2.75, 3.05) is 11.9 Å². The van der Waals surface area contributed by atoms with Gasteiger partial charge in [0.25, 0.3) is 0 Å². The van der Waals surface area contributed by atoms with Crippen molar-refractivity contribution in [2.45, 2.75) is 13.5 Å². The van der Waals surface area contributed by atoms with Crippen LogP contribution in [0.1, 0.15) is 12.5 Å². The number of amides is 2. The second-order valence-corrected chi connectivity index (χ2v) is 7.73. The lowest BCUT2D eigenvalue weighted by Gasteiger charge is -2.11. The van der Waals surface area contributed by atoms with Gasteiger partial charge in [-0.3, -0.25) is 10.3 Å². The summed E-state index contributed by atoms with van der Waals surface area (Å²) in [6.45, 7) is 2.85. The Balaban J connectivity index is 1.55. The molecule has 12 nitrogen and oxygen atoms in total. The quantitative estimate of drug-likeness (QED) is 0.319. The fourth-order valence-corrected chi connectivity index (χ4v) is 3.59. The van der Waals surface area contributed by atoms with Gasteiger partial charge >= 0.3 is 11.8 Å². The van der Waals surface area contributed by atoms with Crippen molar-refractivity contribution in [3.63, 3.8) is 0 Å². The Bertz CT molecular complexity index is 1560. The van der Waals surface area contributed by atoms with Crippen LogP contribution in [0.15, 0.2) is 76.3 Å². The van der Waals surface area contributed by atoms with Gasteiger partial charge in [0.1, 0.15) is 11.5 Å². The second-order valence-electron chi connectivity index (χ2n) is 7.73. The highest BCUT2D eigenvalue weighted by Gasteiger charge is 2.17. The van der Waals surface area contributed by atoms with Crippen molar-refractivity contribution in [1.29, 1.82) is 0 Å². The third-order valence-electron chi connectivity index (χ3n) is 5.21. The lowest BCUT2D eigenvalue weighted by Crippen LogP contribution is -2.28. The van der Waals surface area contributed by atoms with Crippen LogP contribution in [-0.4, -0.2) is 47.7 Å². The third-order valence-corrected chi connectivity index (χ3v) is 5.21. The molecule has 5 aromatic rings. The molecule has 0 aliphatic carbocycles. The largest absolute Gasteiger partial charge is 0.434 e. The number of benzene rings is 1. The Labute approximate surface area is 204 Å². The summed E-state index contributed by atoms with van der Waals surface area (Å²) in [5.41, 5.74) is 4.05. The molecule has 36 heavy (non-hydrogen) atoms. The minimum atomic E-state index is -0.651. The van der Waals surface area contributed by atoms with Crippen molar-refractivity contribution in [1.82, 2.24) is 40.5 Å². The average molecular weight is 483 g/mol. The van der Waals surface area contributed by atoms with Gasteiger partial charge in [-0.1, -0.05) is 35.5 Å².